The summed E-state index contributed by atoms with van der Waals surface area (Å²) in [7, 11) is -1.52. The van der Waals surface area contributed by atoms with Gasteiger partial charge < -0.3 is 15.0 Å². The number of aromatic nitrogens is 3. The topological polar surface area (TPSA) is 112 Å². The van der Waals surface area contributed by atoms with Crippen LogP contribution in [0.2, 0.25) is 0 Å². The van der Waals surface area contributed by atoms with E-state index in [2.05, 4.69) is 14.3 Å². The molecule has 0 aliphatic carbocycles. The largest absolute Gasteiger partial charge is 0.382 e. The summed E-state index contributed by atoms with van der Waals surface area (Å²) in [6, 6.07) is 0. The van der Waals surface area contributed by atoms with Crippen molar-refractivity contribution in [2.75, 3.05) is 25.1 Å². The van der Waals surface area contributed by atoms with Crippen molar-refractivity contribution in [3.63, 3.8) is 0 Å². The normalized spacial score (nSPS) is 13.3. The number of methoxy groups -OCH3 is 1. The smallest absolute Gasteiger partial charge is 0.211 e. The number of aryl methyl sites for hydroxylation is 3. The number of nitrogens with zero attached hydrogens (tertiary/aromatic N) is 3. The number of fused-ring (bicyclic) bond motifs is 1. The van der Waals surface area contributed by atoms with Gasteiger partial charge in [-0.1, -0.05) is 19.8 Å². The molecule has 2 aromatic rings. The van der Waals surface area contributed by atoms with Gasteiger partial charge in [-0.25, -0.2) is 23.1 Å². The Labute approximate surface area is 174 Å². The summed E-state index contributed by atoms with van der Waals surface area (Å²) < 4.78 is 34.3. The maximum absolute atomic E-state index is 12.0. The number of anilines is 1. The van der Waals surface area contributed by atoms with Gasteiger partial charge in [-0.2, -0.15) is 0 Å². The van der Waals surface area contributed by atoms with Crippen LogP contribution in [0.3, 0.4) is 0 Å². The third-order valence-electron chi connectivity index (χ3n) is 5.29. The second-order valence-corrected chi connectivity index (χ2v) is 9.46. The zero-order valence-electron chi connectivity index (χ0n) is 18.3. The van der Waals surface area contributed by atoms with Gasteiger partial charge in [0.1, 0.15) is 17.4 Å². The first-order valence-electron chi connectivity index (χ1n) is 10.3. The number of hydrogen-bond donors (Lipinski definition) is 2. The van der Waals surface area contributed by atoms with Crippen LogP contribution in [-0.2, 0) is 21.3 Å². The third-order valence-corrected chi connectivity index (χ3v) is 6.76. The van der Waals surface area contributed by atoms with Crippen molar-refractivity contribution in [3.05, 3.63) is 17.1 Å². The second kappa shape index (κ2) is 10.4. The molecule has 0 fully saturated rings. The summed E-state index contributed by atoms with van der Waals surface area (Å²) in [6.07, 6.45) is 3.95. The van der Waals surface area contributed by atoms with E-state index in [0.29, 0.717) is 24.3 Å². The molecule has 2 heterocycles. The van der Waals surface area contributed by atoms with E-state index < -0.39 is 10.0 Å². The van der Waals surface area contributed by atoms with E-state index >= 15 is 0 Å². The Bertz CT molecular complexity index is 924. The summed E-state index contributed by atoms with van der Waals surface area (Å²) in [5.74, 6) is 1.41. The maximum Gasteiger partial charge on any atom is 0.211 e. The lowest BCUT2D eigenvalue weighted by molar-refractivity contribution is 0.109. The molecule has 0 amide bonds. The van der Waals surface area contributed by atoms with Crippen molar-refractivity contribution in [3.8, 4) is 0 Å². The fourth-order valence-electron chi connectivity index (χ4n) is 3.38. The molecule has 1 atom stereocenters. The van der Waals surface area contributed by atoms with Crippen molar-refractivity contribution in [2.45, 2.75) is 72.4 Å². The van der Waals surface area contributed by atoms with Crippen LogP contribution < -0.4 is 10.5 Å². The van der Waals surface area contributed by atoms with Gasteiger partial charge in [0.15, 0.2) is 5.82 Å². The minimum atomic E-state index is -3.18. The highest BCUT2D eigenvalue weighted by molar-refractivity contribution is 7.89. The summed E-state index contributed by atoms with van der Waals surface area (Å²) in [4.78, 5) is 9.11. The highest BCUT2D eigenvalue weighted by Crippen LogP contribution is 2.29. The number of rotatable bonds is 12. The van der Waals surface area contributed by atoms with Crippen LogP contribution >= 0.6 is 0 Å². The number of hydrogen-bond acceptors (Lipinski definition) is 6. The quantitative estimate of drug-likeness (QED) is 0.505. The summed E-state index contributed by atoms with van der Waals surface area (Å²) in [5.41, 5.74) is 9.76. The summed E-state index contributed by atoms with van der Waals surface area (Å²) in [6.45, 7) is 9.22. The molecular weight excluding hydrogens is 390 g/mol. The number of nitrogen functional groups attached to an aromatic ring is 1. The average Bonchev–Trinajstić information content (AvgIpc) is 3.05. The summed E-state index contributed by atoms with van der Waals surface area (Å²) >= 11 is 0. The van der Waals surface area contributed by atoms with Gasteiger partial charge in [0.25, 0.3) is 0 Å². The second-order valence-electron chi connectivity index (χ2n) is 7.53. The van der Waals surface area contributed by atoms with Gasteiger partial charge in [0, 0.05) is 25.9 Å². The van der Waals surface area contributed by atoms with Gasteiger partial charge in [0.05, 0.1) is 11.3 Å². The van der Waals surface area contributed by atoms with Crippen molar-refractivity contribution >= 4 is 26.9 Å². The van der Waals surface area contributed by atoms with Crippen LogP contribution in [0.5, 0.6) is 0 Å². The Morgan fingerprint density at radius 1 is 1.17 bits per heavy atom. The van der Waals surface area contributed by atoms with Gasteiger partial charge >= 0.3 is 0 Å². The Morgan fingerprint density at radius 3 is 2.55 bits per heavy atom. The van der Waals surface area contributed by atoms with Gasteiger partial charge in [-0.05, 0) is 45.6 Å². The number of sulfonamides is 1. The van der Waals surface area contributed by atoms with E-state index in [0.717, 1.165) is 54.8 Å². The van der Waals surface area contributed by atoms with E-state index in [-0.39, 0.29) is 11.9 Å². The van der Waals surface area contributed by atoms with E-state index in [1.807, 2.05) is 27.7 Å². The van der Waals surface area contributed by atoms with E-state index in [1.54, 1.807) is 7.11 Å². The molecule has 0 spiro atoms. The Hall–Kier alpha value is -1.71. The first-order chi connectivity index (χ1) is 13.7. The molecule has 3 N–H and O–H groups in total. The molecule has 1 unspecified atom stereocenters. The first-order valence-corrected chi connectivity index (χ1v) is 12.0. The Balaban J connectivity index is 2.09. The number of unbranched alkanes of at least 4 members (excludes halogenated alkanes) is 3. The molecule has 9 heteroatoms. The highest BCUT2D eigenvalue weighted by atomic mass is 32.2. The minimum absolute atomic E-state index is 0.164. The SMILES string of the molecule is CCCCNS(=O)(=O)CCCCCn1c(C(C)OC)nc2c(N)nc(C)c(C)c21. The lowest BCUT2D eigenvalue weighted by Crippen LogP contribution is -2.27. The molecule has 0 saturated carbocycles. The van der Waals surface area contributed by atoms with Gasteiger partial charge in [0.2, 0.25) is 10.0 Å². The number of ether oxygens (including phenoxy) is 1. The lowest BCUT2D eigenvalue weighted by atomic mass is 10.2. The Kier molecular flexibility index (Phi) is 8.42. The molecule has 2 aromatic heterocycles. The molecule has 0 aliphatic heterocycles. The standard InChI is InChI=1S/C20H35N5O3S/c1-6-7-11-22-29(26,27)13-10-8-9-12-25-18-14(2)15(3)23-19(21)17(18)24-20(25)16(4)28-5/h16,22H,6-13H2,1-5H3,(H2,21,23). The van der Waals surface area contributed by atoms with E-state index in [9.17, 15) is 8.42 Å². The van der Waals surface area contributed by atoms with Gasteiger partial charge in [-0.15, -0.1) is 0 Å². The average molecular weight is 426 g/mol. The molecule has 0 aromatic carbocycles. The predicted molar refractivity (Wildman–Crippen MR) is 117 cm³/mol. The van der Waals surface area contributed by atoms with Crippen LogP contribution in [0.15, 0.2) is 0 Å². The first kappa shape index (κ1) is 23.6. The van der Waals surface area contributed by atoms with Crippen molar-refractivity contribution < 1.29 is 13.2 Å². The molecule has 0 bridgehead atoms. The number of imidazole rings is 1. The van der Waals surface area contributed by atoms with E-state index in [1.165, 1.54) is 0 Å². The predicted octanol–water partition coefficient (Wildman–Crippen LogP) is 3.23. The van der Waals surface area contributed by atoms with Crippen LogP contribution in [0.1, 0.15) is 69.1 Å². The molecule has 29 heavy (non-hydrogen) atoms. The molecule has 164 valence electrons. The zero-order chi connectivity index (χ0) is 21.6. The molecule has 0 radical (unpaired) electrons. The highest BCUT2D eigenvalue weighted by Gasteiger charge is 2.21. The monoisotopic (exact) mass is 425 g/mol. The minimum Gasteiger partial charge on any atom is -0.382 e. The van der Waals surface area contributed by atoms with Crippen LogP contribution in [0.4, 0.5) is 5.82 Å². The molecule has 0 aliphatic rings. The van der Waals surface area contributed by atoms with Crippen LogP contribution in [-0.4, -0.2) is 42.4 Å². The molecule has 2 rings (SSSR count). The fourth-order valence-corrected chi connectivity index (χ4v) is 4.56. The molecular formula is C20H35N5O3S. The van der Waals surface area contributed by atoms with Gasteiger partial charge in [-0.3, -0.25) is 0 Å². The zero-order valence-corrected chi connectivity index (χ0v) is 19.1. The summed E-state index contributed by atoms with van der Waals surface area (Å²) in [5, 5.41) is 0. The van der Waals surface area contributed by atoms with Crippen LogP contribution in [0, 0.1) is 13.8 Å². The number of pyridine rings is 1. The van der Waals surface area contributed by atoms with Crippen molar-refractivity contribution in [1.82, 2.24) is 19.3 Å². The Morgan fingerprint density at radius 2 is 1.90 bits per heavy atom. The number of nitrogens with two attached hydrogens (primary N) is 1. The third kappa shape index (κ3) is 5.90. The van der Waals surface area contributed by atoms with Crippen molar-refractivity contribution in [2.24, 2.45) is 0 Å². The fraction of sp³-hybridized carbons (Fsp3) is 0.700. The number of nitrogens with one attached hydrogen (secondary N) is 1. The molecule has 8 nitrogen and oxygen atoms in total. The van der Waals surface area contributed by atoms with E-state index in [4.69, 9.17) is 15.5 Å². The van der Waals surface area contributed by atoms with Crippen LogP contribution in [0.25, 0.3) is 11.0 Å². The van der Waals surface area contributed by atoms with Crippen molar-refractivity contribution in [1.29, 1.82) is 0 Å². The molecule has 0 saturated heterocycles. The lowest BCUT2D eigenvalue weighted by Gasteiger charge is -2.15. The maximum atomic E-state index is 12.0.